The zero-order valence-electron chi connectivity index (χ0n) is 32.4. The average molecular weight is 722 g/mol. The van der Waals surface area contributed by atoms with Crippen LogP contribution in [0.5, 0.6) is 0 Å². The summed E-state index contributed by atoms with van der Waals surface area (Å²) in [5.41, 5.74) is 14.2. The third kappa shape index (κ3) is 6.37. The van der Waals surface area contributed by atoms with E-state index in [4.69, 9.17) is 15.0 Å². The maximum Gasteiger partial charge on any atom is 0.0715 e. The third-order valence-corrected chi connectivity index (χ3v) is 10.9. The number of benzene rings is 7. The summed E-state index contributed by atoms with van der Waals surface area (Å²) in [6, 6.07) is 42.8. The molecule has 0 aliphatic heterocycles. The van der Waals surface area contributed by atoms with Crippen LogP contribution in [0.4, 0.5) is 5.69 Å². The highest BCUT2D eigenvalue weighted by Crippen LogP contribution is 2.36. The maximum atomic E-state index is 5.16. The molecule has 0 saturated carbocycles. The Labute approximate surface area is 328 Å². The summed E-state index contributed by atoms with van der Waals surface area (Å²) in [5, 5.41) is 8.98. The molecule has 56 heavy (non-hydrogen) atoms. The van der Waals surface area contributed by atoms with E-state index < -0.39 is 0 Å². The van der Waals surface area contributed by atoms with Crippen LogP contribution in [-0.2, 0) is 0 Å². The molecule has 8 aromatic rings. The molecule has 0 atom stereocenters. The van der Waals surface area contributed by atoms with Crippen LogP contribution in [0.1, 0.15) is 43.0 Å². The molecular formula is C53H43N3. The minimum Gasteiger partial charge on any atom is -0.253 e. The number of allylic oxidation sites excluding steroid dienone is 4. The predicted molar refractivity (Wildman–Crippen MR) is 244 cm³/mol. The van der Waals surface area contributed by atoms with Crippen LogP contribution in [0, 0.1) is 6.92 Å². The SMILES string of the molecule is C=CC(=NC(C)=C(C)C)c1ccc(C(C=C)=Nc2ccc(-c3ccc4nc(-c5ccc6ccc(=C)c7c(C=C)ccc5c67)ccc4c3)cc2C)c2ccccc12. The second kappa shape index (κ2) is 14.7. The number of aryl methyl sites for hydroxylation is 1. The van der Waals surface area contributed by atoms with Gasteiger partial charge in [-0.3, -0.25) is 4.99 Å². The Kier molecular flexibility index (Phi) is 9.45. The fourth-order valence-corrected chi connectivity index (χ4v) is 7.66. The number of nitrogens with zero attached hydrogens (tertiary/aromatic N) is 3. The van der Waals surface area contributed by atoms with Crippen LogP contribution < -0.4 is 5.22 Å². The Balaban J connectivity index is 1.12. The van der Waals surface area contributed by atoms with Crippen LogP contribution in [0.3, 0.4) is 0 Å². The lowest BCUT2D eigenvalue weighted by molar-refractivity contribution is 1.19. The zero-order valence-corrected chi connectivity index (χ0v) is 32.4. The van der Waals surface area contributed by atoms with Crippen molar-refractivity contribution in [1.29, 1.82) is 0 Å². The van der Waals surface area contributed by atoms with Crippen molar-refractivity contribution in [2.24, 2.45) is 9.98 Å². The van der Waals surface area contributed by atoms with Crippen LogP contribution in [0.2, 0.25) is 0 Å². The number of rotatable bonds is 9. The molecule has 0 saturated heterocycles. The van der Waals surface area contributed by atoms with Gasteiger partial charge >= 0.3 is 0 Å². The van der Waals surface area contributed by atoms with Gasteiger partial charge in [0.1, 0.15) is 0 Å². The van der Waals surface area contributed by atoms with Gasteiger partial charge in [-0.15, -0.1) is 0 Å². The van der Waals surface area contributed by atoms with E-state index in [1.54, 1.807) is 0 Å². The highest BCUT2D eigenvalue weighted by Gasteiger charge is 2.15. The van der Waals surface area contributed by atoms with Crippen molar-refractivity contribution in [2.45, 2.75) is 27.7 Å². The van der Waals surface area contributed by atoms with Crippen molar-refractivity contribution >= 4 is 73.0 Å². The van der Waals surface area contributed by atoms with Gasteiger partial charge in [0.2, 0.25) is 0 Å². The Hall–Kier alpha value is -6.97. The van der Waals surface area contributed by atoms with E-state index in [1.165, 1.54) is 21.7 Å². The number of hydrogen-bond donors (Lipinski definition) is 0. The number of fused-ring (bicyclic) bond motifs is 2. The monoisotopic (exact) mass is 721 g/mol. The minimum atomic E-state index is 0.812. The van der Waals surface area contributed by atoms with E-state index in [-0.39, 0.29) is 0 Å². The first-order chi connectivity index (χ1) is 27.2. The van der Waals surface area contributed by atoms with E-state index in [2.05, 4.69) is 168 Å². The molecule has 0 fully saturated rings. The predicted octanol–water partition coefficient (Wildman–Crippen LogP) is 13.7. The number of aromatic nitrogens is 1. The molecule has 0 N–H and O–H groups in total. The lowest BCUT2D eigenvalue weighted by Crippen LogP contribution is -2.03. The molecule has 3 nitrogen and oxygen atoms in total. The Morgan fingerprint density at radius 2 is 1.30 bits per heavy atom. The summed E-state index contributed by atoms with van der Waals surface area (Å²) in [6.07, 6.45) is 5.58. The Bertz CT molecular complexity index is 3080. The average Bonchev–Trinajstić information content (AvgIpc) is 3.22. The summed E-state index contributed by atoms with van der Waals surface area (Å²) in [7, 11) is 0. The fraction of sp³-hybridized carbons (Fsp3) is 0.0755. The van der Waals surface area contributed by atoms with E-state index >= 15 is 0 Å². The Morgan fingerprint density at radius 3 is 2.00 bits per heavy atom. The summed E-state index contributed by atoms with van der Waals surface area (Å²) in [5.74, 6) is 0. The van der Waals surface area contributed by atoms with Crippen molar-refractivity contribution in [1.82, 2.24) is 4.98 Å². The molecular weight excluding hydrogens is 679 g/mol. The van der Waals surface area contributed by atoms with E-state index in [0.29, 0.717) is 0 Å². The van der Waals surface area contributed by atoms with Crippen LogP contribution in [0.15, 0.2) is 174 Å². The minimum absolute atomic E-state index is 0.812. The molecule has 0 spiro atoms. The van der Waals surface area contributed by atoms with Gasteiger partial charge in [0.15, 0.2) is 0 Å². The first kappa shape index (κ1) is 36.0. The molecule has 1 heterocycles. The third-order valence-electron chi connectivity index (χ3n) is 10.9. The lowest BCUT2D eigenvalue weighted by Gasteiger charge is -2.14. The lowest BCUT2D eigenvalue weighted by atomic mass is 9.91. The zero-order chi connectivity index (χ0) is 39.1. The van der Waals surface area contributed by atoms with Gasteiger partial charge in [-0.1, -0.05) is 129 Å². The summed E-state index contributed by atoms with van der Waals surface area (Å²) >= 11 is 0. The van der Waals surface area contributed by atoms with Gasteiger partial charge in [0.05, 0.1) is 28.3 Å². The molecule has 0 aliphatic rings. The molecule has 7 aromatic carbocycles. The molecule has 0 aliphatic carbocycles. The number of hydrogen-bond acceptors (Lipinski definition) is 3. The molecule has 8 rings (SSSR count). The Morgan fingerprint density at radius 1 is 0.625 bits per heavy atom. The fourth-order valence-electron chi connectivity index (χ4n) is 7.66. The first-order valence-corrected chi connectivity index (χ1v) is 18.9. The molecule has 0 radical (unpaired) electrons. The molecule has 270 valence electrons. The quantitative estimate of drug-likeness (QED) is 0.137. The molecule has 1 aromatic heterocycles. The van der Waals surface area contributed by atoms with E-state index in [1.807, 2.05) is 25.2 Å². The van der Waals surface area contributed by atoms with Crippen LogP contribution in [-0.4, -0.2) is 16.4 Å². The highest BCUT2D eigenvalue weighted by atomic mass is 14.8. The molecule has 0 amide bonds. The normalized spacial score (nSPS) is 12.1. The number of aliphatic imine (C=N–C) groups is 2. The van der Waals surface area contributed by atoms with Crippen LogP contribution >= 0.6 is 0 Å². The summed E-state index contributed by atoms with van der Waals surface area (Å²) in [4.78, 5) is 15.2. The summed E-state index contributed by atoms with van der Waals surface area (Å²) in [6.45, 7) is 24.9. The maximum absolute atomic E-state index is 5.16. The first-order valence-electron chi connectivity index (χ1n) is 18.9. The largest absolute Gasteiger partial charge is 0.253 e. The van der Waals surface area contributed by atoms with Gasteiger partial charge in [-0.05, 0) is 130 Å². The number of pyridine rings is 1. The summed E-state index contributed by atoms with van der Waals surface area (Å²) < 4.78 is 0. The van der Waals surface area contributed by atoms with Crippen molar-refractivity contribution in [2.75, 3.05) is 0 Å². The smallest absolute Gasteiger partial charge is 0.0715 e. The topological polar surface area (TPSA) is 37.6 Å². The van der Waals surface area contributed by atoms with Crippen molar-refractivity contribution < 1.29 is 0 Å². The highest BCUT2D eigenvalue weighted by molar-refractivity contribution is 6.23. The van der Waals surface area contributed by atoms with Crippen molar-refractivity contribution in [3.63, 3.8) is 0 Å². The second-order valence-corrected chi connectivity index (χ2v) is 14.5. The van der Waals surface area contributed by atoms with Gasteiger partial charge in [-0.25, -0.2) is 9.98 Å². The van der Waals surface area contributed by atoms with Gasteiger partial charge < -0.3 is 0 Å². The van der Waals surface area contributed by atoms with Crippen molar-refractivity contribution in [3.8, 4) is 22.4 Å². The van der Waals surface area contributed by atoms with Gasteiger partial charge in [0.25, 0.3) is 0 Å². The van der Waals surface area contributed by atoms with E-state index in [9.17, 15) is 0 Å². The second-order valence-electron chi connectivity index (χ2n) is 14.5. The molecule has 0 unspecified atom stereocenters. The van der Waals surface area contributed by atoms with Gasteiger partial charge in [0, 0.05) is 27.8 Å². The van der Waals surface area contributed by atoms with Crippen molar-refractivity contribution in [3.05, 3.63) is 192 Å². The van der Waals surface area contributed by atoms with Crippen LogP contribution in [0.25, 0.3) is 78.3 Å². The molecule has 3 heteroatoms. The molecule has 0 bridgehead atoms. The van der Waals surface area contributed by atoms with E-state index in [0.717, 1.165) is 99.7 Å². The standard InChI is InChI=1S/C53H43N3/c1-9-36-18-24-46-45(23-19-37-17-16-33(6)52(36)53(37)46)51-29-22-40-31-39(21-28-50(40)56-51)38-20-27-49(34(7)30-38)55-48(11-3)44-26-25-43(41-14-12-13-15-42(41)44)47(10-2)54-35(8)32(4)5/h9-31H,1-3,6H2,4-5,7-8H3. The van der Waals surface area contributed by atoms with Gasteiger partial charge in [-0.2, -0.15) is 0 Å².